The van der Waals surface area contributed by atoms with E-state index in [-0.39, 0.29) is 23.6 Å². The van der Waals surface area contributed by atoms with Gasteiger partial charge in [0.25, 0.3) is 11.8 Å². The number of fused-ring (bicyclic) bond motifs is 1. The molecule has 3 aliphatic heterocycles. The van der Waals surface area contributed by atoms with Gasteiger partial charge in [-0.15, -0.1) is 6.58 Å². The lowest BCUT2D eigenvalue weighted by Crippen LogP contribution is -2.24. The van der Waals surface area contributed by atoms with Crippen LogP contribution in [0.1, 0.15) is 46.5 Å². The largest absolute Gasteiger partial charge is 0.505 e. The standard InChI is InChI=1S/C8H14O2.C5H5F3O2.C5H5NO2.C5H8O2.C5H8O.C4H6O2.C4H8O.2C3H6O/c1-9-5-6-2-3-7-8(4-6)10-7;1-3(4(9)10-2)5(6,7)8;1-6-4(7)2-3-5(6)8;1-4(2)5(6)7-3;1-3-5(6)4-2;1-3-4(5)6-2;1-3-4-5-2;1-3-2-4-3;1-3-4-2/h6-8H,2-5H2,1H3;1H2,2H3;2-3H,1H3;1H2,2-3H3;3H,1,4H2,2H3;3H,1H2,2H3;3H,1,4H2,2H3;3H,2H2,1H3;3H,1H2,2H3. The fourth-order valence-corrected chi connectivity index (χ4v) is 3.20. The summed E-state index contributed by atoms with van der Waals surface area (Å²) >= 11 is 0. The monoisotopic (exact) mass is 865 g/mol. The molecule has 3 heterocycles. The van der Waals surface area contributed by atoms with Crippen LogP contribution in [-0.2, 0) is 66.7 Å². The molecule has 4 atom stereocenters. The lowest BCUT2D eigenvalue weighted by atomic mass is 9.90. The highest BCUT2D eigenvalue weighted by Gasteiger charge is 2.43. The van der Waals surface area contributed by atoms with Gasteiger partial charge in [-0.1, -0.05) is 45.9 Å². The molecule has 0 radical (unpaired) electrons. The lowest BCUT2D eigenvalue weighted by molar-refractivity contribution is -0.148. The van der Waals surface area contributed by atoms with Gasteiger partial charge in [0.2, 0.25) is 0 Å². The summed E-state index contributed by atoms with van der Waals surface area (Å²) in [6, 6.07) is 0. The number of esters is 3. The third kappa shape index (κ3) is 42.4. The number of likely N-dealkylation sites (N-methyl/N-ethyl adjacent to an activating group) is 1. The quantitative estimate of drug-likeness (QED) is 0.0456. The Labute approximate surface area is 353 Å². The number of ether oxygens (including phenoxy) is 8. The number of nitrogens with zero attached hydrogens (tertiary/aromatic N) is 1. The number of halogens is 3. The molecule has 4 unspecified atom stereocenters. The molecule has 0 spiro atoms. The number of allylic oxidation sites excluding steroid dienone is 1. The van der Waals surface area contributed by atoms with Crippen molar-refractivity contribution in [1.29, 1.82) is 0 Å². The highest BCUT2D eigenvalue weighted by atomic mass is 19.4. The van der Waals surface area contributed by atoms with Crippen molar-refractivity contribution in [2.24, 2.45) is 5.92 Å². The Morgan fingerprint density at radius 2 is 1.33 bits per heavy atom. The second-order valence-corrected chi connectivity index (χ2v) is 11.7. The van der Waals surface area contributed by atoms with Crippen LogP contribution in [0.3, 0.4) is 0 Å². The number of epoxide rings is 2. The average Bonchev–Trinajstić information content (AvgIpc) is 4.18. The fraction of sp³-hybridized carbons (Fsp3) is 0.524. The van der Waals surface area contributed by atoms with Gasteiger partial charge < -0.3 is 37.9 Å². The Hall–Kier alpha value is -5.17. The molecular formula is C42H66F3NO14. The van der Waals surface area contributed by atoms with E-state index in [1.165, 1.54) is 65.0 Å². The number of carbonyl (C=O) groups is 6. The van der Waals surface area contributed by atoms with Gasteiger partial charge >= 0.3 is 24.1 Å². The Morgan fingerprint density at radius 3 is 1.48 bits per heavy atom. The summed E-state index contributed by atoms with van der Waals surface area (Å²) in [5, 5.41) is 0. The molecule has 1 saturated carbocycles. The van der Waals surface area contributed by atoms with Crippen LogP contribution in [-0.4, -0.2) is 134 Å². The van der Waals surface area contributed by atoms with Crippen LogP contribution in [0.5, 0.6) is 0 Å². The van der Waals surface area contributed by atoms with Crippen LogP contribution in [0, 0.1) is 5.92 Å². The second kappa shape index (κ2) is 40.6. The van der Waals surface area contributed by atoms with Crippen molar-refractivity contribution in [2.75, 3.05) is 69.5 Å². The van der Waals surface area contributed by atoms with Gasteiger partial charge in [-0.25, -0.2) is 14.4 Å². The molecule has 4 rings (SSSR count). The normalized spacial score (nSPS) is 17.6. The summed E-state index contributed by atoms with van der Waals surface area (Å²) < 4.78 is 70.7. The number of rotatable bonds is 10. The lowest BCUT2D eigenvalue weighted by Gasteiger charge is -2.16. The molecule has 15 nitrogen and oxygen atoms in total. The molecule has 2 saturated heterocycles. The fourth-order valence-electron chi connectivity index (χ4n) is 3.20. The van der Waals surface area contributed by atoms with Crippen molar-refractivity contribution in [3.63, 3.8) is 0 Å². The van der Waals surface area contributed by atoms with Crippen LogP contribution in [0.2, 0.25) is 0 Å². The highest BCUT2D eigenvalue weighted by molar-refractivity contribution is 6.12. The number of hydrogen-bond donors (Lipinski definition) is 0. The van der Waals surface area contributed by atoms with E-state index in [0.29, 0.717) is 36.9 Å². The summed E-state index contributed by atoms with van der Waals surface area (Å²) in [5.41, 5.74) is -1.06. The third-order valence-corrected chi connectivity index (χ3v) is 6.75. The van der Waals surface area contributed by atoms with E-state index in [0.717, 1.165) is 37.2 Å². The predicted octanol–water partition coefficient (Wildman–Crippen LogP) is 6.25. The number of ketones is 1. The van der Waals surface area contributed by atoms with Crippen LogP contribution >= 0.6 is 0 Å². The Kier molecular flexibility index (Phi) is 43.3. The minimum Gasteiger partial charge on any atom is -0.505 e. The zero-order valence-electron chi connectivity index (χ0n) is 36.8. The van der Waals surface area contributed by atoms with E-state index in [1.807, 2.05) is 6.92 Å². The molecule has 2 amide bonds. The Morgan fingerprint density at radius 1 is 0.850 bits per heavy atom. The van der Waals surface area contributed by atoms with Gasteiger partial charge in [-0.3, -0.25) is 19.3 Å². The van der Waals surface area contributed by atoms with E-state index in [4.69, 9.17) is 14.2 Å². The zero-order chi connectivity index (χ0) is 47.9. The SMILES string of the molecule is C=C(C(=O)OC)C(F)(F)F.C=C(C)C(=O)OC.C=CC(=O)CC.C=CC(=O)OC.C=CCOC.C=COC.CC1CO1.CN1C(=O)C=CC1=O.COCC1CCC2OC2C1. The maximum atomic E-state index is 11.5. The molecule has 0 aromatic rings. The van der Waals surface area contributed by atoms with Crippen molar-refractivity contribution in [3.8, 4) is 0 Å². The van der Waals surface area contributed by atoms with Crippen molar-refractivity contribution in [1.82, 2.24) is 4.90 Å². The number of methoxy groups -OCH3 is 6. The van der Waals surface area contributed by atoms with Gasteiger partial charge in [-0.05, 0) is 45.1 Å². The first-order valence-corrected chi connectivity index (χ1v) is 18.0. The number of hydrogen-bond acceptors (Lipinski definition) is 14. The molecule has 18 heteroatoms. The molecule has 60 heavy (non-hydrogen) atoms. The highest BCUT2D eigenvalue weighted by Crippen LogP contribution is 2.39. The summed E-state index contributed by atoms with van der Waals surface area (Å²) in [6.07, 6.45) is 9.54. The first-order chi connectivity index (χ1) is 28.0. The van der Waals surface area contributed by atoms with Gasteiger partial charge in [-0.2, -0.15) is 13.2 Å². The minimum absolute atomic E-state index is 0.106. The van der Waals surface area contributed by atoms with Crippen molar-refractivity contribution in [3.05, 3.63) is 87.3 Å². The first-order valence-electron chi connectivity index (χ1n) is 18.0. The van der Waals surface area contributed by atoms with E-state index >= 15 is 0 Å². The molecular weight excluding hydrogens is 799 g/mol. The Bertz CT molecular complexity index is 1320. The molecule has 0 aromatic carbocycles. The van der Waals surface area contributed by atoms with Crippen LogP contribution in [0.25, 0.3) is 0 Å². The third-order valence-electron chi connectivity index (χ3n) is 6.75. The van der Waals surface area contributed by atoms with E-state index in [2.05, 4.69) is 70.1 Å². The maximum Gasteiger partial charge on any atom is 0.422 e. The predicted molar refractivity (Wildman–Crippen MR) is 221 cm³/mol. The van der Waals surface area contributed by atoms with Crippen molar-refractivity contribution < 1.29 is 79.8 Å². The topological polar surface area (TPSA) is 186 Å². The van der Waals surface area contributed by atoms with Crippen LogP contribution < -0.4 is 0 Å². The van der Waals surface area contributed by atoms with Crippen molar-refractivity contribution in [2.45, 2.75) is 70.9 Å². The Balaban J connectivity index is -0.000000192. The number of amides is 2. The van der Waals surface area contributed by atoms with Gasteiger partial charge in [0, 0.05) is 58.1 Å². The first kappa shape index (κ1) is 64.0. The summed E-state index contributed by atoms with van der Waals surface area (Å²) in [5.74, 6) is -1.80. The molecule has 0 aromatic heterocycles. The molecule has 0 bridgehead atoms. The molecule has 4 aliphatic rings. The van der Waals surface area contributed by atoms with Gasteiger partial charge in [0.1, 0.15) is 5.57 Å². The smallest absolute Gasteiger partial charge is 0.422 e. The molecule has 3 fully saturated rings. The number of alkyl halides is 3. The average molecular weight is 866 g/mol. The van der Waals surface area contributed by atoms with E-state index in [1.54, 1.807) is 34.3 Å². The molecule has 344 valence electrons. The van der Waals surface area contributed by atoms with Gasteiger partial charge in [0.15, 0.2) is 5.78 Å². The molecule has 0 N–H and O–H groups in total. The number of carbonyl (C=O) groups excluding carboxylic acids is 6. The summed E-state index contributed by atoms with van der Waals surface area (Å²) in [7, 11) is 9.93. The minimum atomic E-state index is -4.69. The zero-order valence-corrected chi connectivity index (χ0v) is 36.8. The van der Waals surface area contributed by atoms with E-state index in [9.17, 15) is 41.9 Å². The van der Waals surface area contributed by atoms with Gasteiger partial charge in [0.05, 0.1) is 66.2 Å². The molecule has 1 aliphatic carbocycles. The van der Waals surface area contributed by atoms with E-state index < -0.39 is 23.7 Å². The van der Waals surface area contributed by atoms with Crippen LogP contribution in [0.4, 0.5) is 13.2 Å². The summed E-state index contributed by atoms with van der Waals surface area (Å²) in [6.45, 7) is 27.0. The maximum absolute atomic E-state index is 11.5. The second-order valence-electron chi connectivity index (χ2n) is 11.7. The number of imide groups is 1. The van der Waals surface area contributed by atoms with Crippen LogP contribution in [0.15, 0.2) is 87.3 Å². The van der Waals surface area contributed by atoms with Crippen molar-refractivity contribution >= 4 is 35.5 Å². The summed E-state index contributed by atoms with van der Waals surface area (Å²) in [4.78, 5) is 62.1.